The number of benzene rings is 1. The summed E-state index contributed by atoms with van der Waals surface area (Å²) in [5, 5.41) is 0.0819. The van der Waals surface area contributed by atoms with Gasteiger partial charge in [-0.15, -0.1) is 0 Å². The van der Waals surface area contributed by atoms with Gasteiger partial charge in [-0.1, -0.05) is 29.4 Å². The molecule has 6 nitrogen and oxygen atoms in total. The van der Waals surface area contributed by atoms with Gasteiger partial charge in [-0.3, -0.25) is 0 Å². The van der Waals surface area contributed by atoms with Gasteiger partial charge in [0.2, 0.25) is 0 Å². The Morgan fingerprint density at radius 2 is 1.73 bits per heavy atom. The highest BCUT2D eigenvalue weighted by Crippen LogP contribution is 2.37. The molecule has 1 aliphatic heterocycles. The predicted octanol–water partition coefficient (Wildman–Crippen LogP) is 5.40. The van der Waals surface area contributed by atoms with Crippen molar-refractivity contribution in [1.29, 1.82) is 0 Å². The van der Waals surface area contributed by atoms with Crippen LogP contribution in [0.5, 0.6) is 0 Å². The molecule has 2 aromatic rings. The number of methoxy groups -OCH3 is 2. The molecule has 0 bridgehead atoms. The lowest BCUT2D eigenvalue weighted by atomic mass is 10.1. The monoisotopic (exact) mass is 496 g/mol. The predicted molar refractivity (Wildman–Crippen MR) is 117 cm³/mol. The van der Waals surface area contributed by atoms with Gasteiger partial charge in [0.1, 0.15) is 10.7 Å². The zero-order valence-electron chi connectivity index (χ0n) is 17.2. The van der Waals surface area contributed by atoms with Gasteiger partial charge >= 0.3 is 18.1 Å². The molecule has 0 amide bonds. The first kappa shape index (κ1) is 24.4. The molecule has 0 N–H and O–H groups in total. The Kier molecular flexibility index (Phi) is 7.50. The fourth-order valence-corrected chi connectivity index (χ4v) is 3.85. The molecule has 11 heteroatoms. The summed E-state index contributed by atoms with van der Waals surface area (Å²) < 4.78 is 48.0. The molecule has 172 valence electrons. The minimum atomic E-state index is -4.54. The Balaban J connectivity index is 1.91. The van der Waals surface area contributed by atoms with Gasteiger partial charge in [0.25, 0.3) is 0 Å². The summed E-state index contributed by atoms with van der Waals surface area (Å²) in [5.74, 6) is -1.46. The molecule has 0 saturated carbocycles. The van der Waals surface area contributed by atoms with Gasteiger partial charge in [-0.05, 0) is 42.5 Å². The largest absolute Gasteiger partial charge is 0.465 e. The van der Waals surface area contributed by atoms with E-state index in [1.165, 1.54) is 25.2 Å². The van der Waals surface area contributed by atoms with Crippen LogP contribution in [0.15, 0.2) is 82.1 Å². The highest BCUT2D eigenvalue weighted by atomic mass is 35.5. The minimum Gasteiger partial charge on any atom is -0.465 e. The first-order valence-electron chi connectivity index (χ1n) is 9.21. The molecule has 0 spiro atoms. The number of alkyl halides is 3. The van der Waals surface area contributed by atoms with Gasteiger partial charge in [-0.2, -0.15) is 13.2 Å². The number of nitrogens with zero attached hydrogens (tertiary/aromatic N) is 2. The number of anilines is 1. The van der Waals surface area contributed by atoms with Gasteiger partial charge < -0.3 is 14.4 Å². The Bertz CT molecular complexity index is 1160. The van der Waals surface area contributed by atoms with E-state index in [0.29, 0.717) is 10.6 Å². The van der Waals surface area contributed by atoms with Crippen LogP contribution in [0.2, 0.25) is 5.02 Å². The second kappa shape index (κ2) is 10.1. The molecular weight excluding hydrogens is 481 g/mol. The maximum absolute atomic E-state index is 12.8. The summed E-state index contributed by atoms with van der Waals surface area (Å²) in [7, 11) is 2.40. The molecule has 1 aromatic carbocycles. The minimum absolute atomic E-state index is 0.00791. The summed E-state index contributed by atoms with van der Waals surface area (Å²) in [6, 6.07) is 7.49. The number of carbonyl (C=O) groups excluding carboxylic acids is 2. The first-order valence-corrected chi connectivity index (χ1v) is 10.4. The summed E-state index contributed by atoms with van der Waals surface area (Å²) >= 11 is 7.05. The number of pyridine rings is 1. The van der Waals surface area contributed by atoms with E-state index in [9.17, 15) is 22.8 Å². The maximum Gasteiger partial charge on any atom is 0.417 e. The zero-order chi connectivity index (χ0) is 24.2. The number of carbonyl (C=O) groups is 2. The van der Waals surface area contributed by atoms with Crippen molar-refractivity contribution in [2.24, 2.45) is 0 Å². The SMILES string of the molecule is COC(=O)C1=C(C(=O)OC)N(c2ccc(Sc3ncc(C(F)(F)F)cc3Cl)cc2)C=CC=C1. The van der Waals surface area contributed by atoms with Crippen LogP contribution in [0, 0.1) is 0 Å². The van der Waals surface area contributed by atoms with Crippen molar-refractivity contribution in [3.05, 3.63) is 82.8 Å². The molecule has 3 rings (SSSR count). The quantitative estimate of drug-likeness (QED) is 0.514. The fourth-order valence-electron chi connectivity index (χ4n) is 2.81. The van der Waals surface area contributed by atoms with Crippen LogP contribution < -0.4 is 4.90 Å². The number of rotatable bonds is 5. The van der Waals surface area contributed by atoms with Gasteiger partial charge in [0.05, 0.1) is 30.4 Å². The second-order valence-electron chi connectivity index (χ2n) is 6.42. The highest BCUT2D eigenvalue weighted by Gasteiger charge is 2.32. The van der Waals surface area contributed by atoms with Gasteiger partial charge in [-0.25, -0.2) is 14.6 Å². The van der Waals surface area contributed by atoms with Crippen LogP contribution in [0.3, 0.4) is 0 Å². The van der Waals surface area contributed by atoms with Crippen LogP contribution >= 0.6 is 23.4 Å². The number of aromatic nitrogens is 1. The fraction of sp³-hybridized carbons (Fsp3) is 0.136. The number of hydrogen-bond donors (Lipinski definition) is 0. The molecule has 0 fully saturated rings. The first-order chi connectivity index (χ1) is 15.7. The van der Waals surface area contributed by atoms with Crippen LogP contribution in [-0.4, -0.2) is 31.1 Å². The van der Waals surface area contributed by atoms with Crippen molar-refractivity contribution in [1.82, 2.24) is 4.98 Å². The number of halogens is 4. The van der Waals surface area contributed by atoms with E-state index in [0.717, 1.165) is 24.0 Å². The lowest BCUT2D eigenvalue weighted by molar-refractivity contribution is -0.139. The summed E-state index contributed by atoms with van der Waals surface area (Å²) in [4.78, 5) is 30.6. The smallest absolute Gasteiger partial charge is 0.417 e. The van der Waals surface area contributed by atoms with Crippen molar-refractivity contribution in [3.8, 4) is 0 Å². The van der Waals surface area contributed by atoms with E-state index < -0.39 is 23.7 Å². The average molecular weight is 497 g/mol. The summed E-state index contributed by atoms with van der Waals surface area (Å²) in [5.41, 5.74) is -0.444. The zero-order valence-corrected chi connectivity index (χ0v) is 18.8. The molecule has 2 heterocycles. The van der Waals surface area contributed by atoms with E-state index in [1.807, 2.05) is 0 Å². The van der Waals surface area contributed by atoms with Crippen molar-refractivity contribution in [3.63, 3.8) is 0 Å². The lowest BCUT2D eigenvalue weighted by Gasteiger charge is -2.23. The Morgan fingerprint density at radius 1 is 1.06 bits per heavy atom. The lowest BCUT2D eigenvalue weighted by Crippen LogP contribution is -2.26. The Hall–Kier alpha value is -3.24. The normalized spacial score (nSPS) is 13.7. The Labute approximate surface area is 196 Å². The second-order valence-corrected chi connectivity index (χ2v) is 7.89. The molecule has 0 radical (unpaired) electrons. The van der Waals surface area contributed by atoms with Crippen LogP contribution in [-0.2, 0) is 25.2 Å². The van der Waals surface area contributed by atoms with E-state index >= 15 is 0 Å². The van der Waals surface area contributed by atoms with Crippen molar-refractivity contribution in [2.45, 2.75) is 16.1 Å². The number of esters is 2. The third kappa shape index (κ3) is 5.58. The van der Waals surface area contributed by atoms with E-state index in [4.69, 9.17) is 21.1 Å². The highest BCUT2D eigenvalue weighted by molar-refractivity contribution is 7.99. The van der Waals surface area contributed by atoms with Crippen LogP contribution in [0.25, 0.3) is 0 Å². The molecule has 1 aliphatic rings. The molecule has 0 atom stereocenters. The third-order valence-electron chi connectivity index (χ3n) is 4.35. The molecule has 0 saturated heterocycles. The Morgan fingerprint density at radius 3 is 2.30 bits per heavy atom. The number of hydrogen-bond acceptors (Lipinski definition) is 7. The number of allylic oxidation sites excluding steroid dienone is 2. The molecule has 0 aliphatic carbocycles. The van der Waals surface area contributed by atoms with Crippen LogP contribution in [0.1, 0.15) is 5.56 Å². The molecule has 1 aromatic heterocycles. The van der Waals surface area contributed by atoms with E-state index in [1.54, 1.807) is 42.6 Å². The standard InChI is InChI=1S/C22H16ClF3N2O4S/c1-31-20(29)16-5-3-4-10-28(18(16)21(30)32-2)14-6-8-15(9-7-14)33-19-17(23)11-13(12-27-19)22(24,25)26/h3-12H,1-2H3. The van der Waals surface area contributed by atoms with Gasteiger partial charge in [0, 0.05) is 23.0 Å². The van der Waals surface area contributed by atoms with E-state index in [-0.39, 0.29) is 21.3 Å². The van der Waals surface area contributed by atoms with Gasteiger partial charge in [0.15, 0.2) is 0 Å². The van der Waals surface area contributed by atoms with Crippen LogP contribution in [0.4, 0.5) is 18.9 Å². The van der Waals surface area contributed by atoms with Crippen molar-refractivity contribution >= 4 is 41.0 Å². The molecular formula is C22H16ClF3N2O4S. The van der Waals surface area contributed by atoms with Crippen molar-refractivity contribution < 1.29 is 32.2 Å². The third-order valence-corrected chi connectivity index (χ3v) is 5.78. The molecule has 33 heavy (non-hydrogen) atoms. The summed E-state index contributed by atoms with van der Waals surface area (Å²) in [6.07, 6.45) is 2.42. The number of ether oxygens (including phenoxy) is 2. The maximum atomic E-state index is 12.8. The van der Waals surface area contributed by atoms with Crippen molar-refractivity contribution in [2.75, 3.05) is 19.1 Å². The topological polar surface area (TPSA) is 68.7 Å². The summed E-state index contributed by atoms with van der Waals surface area (Å²) in [6.45, 7) is 0. The molecule has 0 unspecified atom stereocenters. The average Bonchev–Trinajstić information content (AvgIpc) is 3.02. The van der Waals surface area contributed by atoms with E-state index in [2.05, 4.69) is 4.98 Å².